The molecule has 0 saturated carbocycles. The van der Waals surface area contributed by atoms with E-state index in [4.69, 9.17) is 9.47 Å². The Labute approximate surface area is 211 Å². The monoisotopic (exact) mass is 491 g/mol. The van der Waals surface area contributed by atoms with Gasteiger partial charge in [-0.15, -0.1) is 0 Å². The van der Waals surface area contributed by atoms with E-state index in [0.717, 1.165) is 29.1 Å². The van der Waals surface area contributed by atoms with Crippen LogP contribution in [0.5, 0.6) is 11.5 Å². The Morgan fingerprint density at radius 3 is 2.42 bits per heavy atom. The number of urea groups is 1. The molecule has 4 rings (SSSR count). The van der Waals surface area contributed by atoms with Crippen molar-refractivity contribution in [2.45, 2.75) is 52.5 Å². The van der Waals surface area contributed by atoms with Gasteiger partial charge in [-0.1, -0.05) is 6.92 Å². The molecule has 2 aliphatic rings. The summed E-state index contributed by atoms with van der Waals surface area (Å²) in [5, 5.41) is 2.28. The minimum Gasteiger partial charge on any atom is -0.496 e. The Balaban J connectivity index is 1.76. The van der Waals surface area contributed by atoms with Crippen LogP contribution < -0.4 is 24.6 Å². The molecule has 1 atom stereocenters. The number of carbonyl (C=O) groups is 3. The van der Waals surface area contributed by atoms with Crippen molar-refractivity contribution in [3.8, 4) is 11.5 Å². The number of benzene rings is 2. The molecule has 1 unspecified atom stereocenters. The third kappa shape index (κ3) is 4.43. The van der Waals surface area contributed by atoms with E-state index in [1.807, 2.05) is 19.1 Å². The molecule has 0 spiro atoms. The Morgan fingerprint density at radius 2 is 1.81 bits per heavy atom. The van der Waals surface area contributed by atoms with Crippen molar-refractivity contribution in [2.75, 3.05) is 30.1 Å². The van der Waals surface area contributed by atoms with Crippen molar-refractivity contribution in [1.29, 1.82) is 0 Å². The molecule has 4 amide bonds. The number of amides is 4. The van der Waals surface area contributed by atoms with Crippen molar-refractivity contribution in [1.82, 2.24) is 5.32 Å². The van der Waals surface area contributed by atoms with Gasteiger partial charge in [0.1, 0.15) is 17.1 Å². The number of imide groups is 2. The molecule has 2 aromatic rings. The molecule has 2 aromatic carbocycles. The molecule has 1 fully saturated rings. The number of fused-ring (bicyclic) bond motifs is 1. The summed E-state index contributed by atoms with van der Waals surface area (Å²) in [5.74, 6) is 0.0111. The fraction of sp³-hybridized carbons (Fsp3) is 0.393. The summed E-state index contributed by atoms with van der Waals surface area (Å²) in [6, 6.07) is 9.74. The predicted octanol–water partition coefficient (Wildman–Crippen LogP) is 4.87. The largest absolute Gasteiger partial charge is 0.496 e. The van der Waals surface area contributed by atoms with Crippen LogP contribution in [0.15, 0.2) is 42.0 Å². The number of barbiturate groups is 1. The standard InChI is InChI=1S/C28H33N3O5/c1-7-30-23-15-24(35-6)18(13-21(23)17(3)16-28(30,4)5)14-22-25(32)29-27(34)31(26(22)33)19-9-11-20(12-10-19)36-8-2/h9-15,17H,7-8,16H2,1-6H3,(H,29,32,34)/b22-14-. The van der Waals surface area contributed by atoms with Gasteiger partial charge in [0.25, 0.3) is 11.8 Å². The molecule has 0 radical (unpaired) electrons. The fourth-order valence-corrected chi connectivity index (χ4v) is 5.32. The Kier molecular flexibility index (Phi) is 6.80. The molecule has 0 bridgehead atoms. The number of hydrogen-bond donors (Lipinski definition) is 1. The van der Waals surface area contributed by atoms with Gasteiger partial charge < -0.3 is 14.4 Å². The molecule has 36 heavy (non-hydrogen) atoms. The molecular weight excluding hydrogens is 458 g/mol. The lowest BCUT2D eigenvalue weighted by atomic mass is 9.79. The normalized spacial score (nSPS) is 20.3. The number of carbonyl (C=O) groups excluding carboxylic acids is 3. The molecular formula is C28H33N3O5. The number of nitrogens with one attached hydrogen (secondary N) is 1. The number of rotatable bonds is 6. The Hall–Kier alpha value is -3.81. The first kappa shape index (κ1) is 25.3. The summed E-state index contributed by atoms with van der Waals surface area (Å²) < 4.78 is 11.1. The highest BCUT2D eigenvalue weighted by Crippen LogP contribution is 2.46. The SMILES string of the molecule is CCOc1ccc(N2C(=O)NC(=O)/C(=C/c3cc4c(cc3OC)N(CC)C(C)(C)CC4C)C2=O)cc1. The van der Waals surface area contributed by atoms with Crippen LogP contribution >= 0.6 is 0 Å². The van der Waals surface area contributed by atoms with Crippen LogP contribution in [0.1, 0.15) is 58.1 Å². The summed E-state index contributed by atoms with van der Waals surface area (Å²) in [5.41, 5.74) is 3.02. The fourth-order valence-electron chi connectivity index (χ4n) is 5.32. The molecule has 2 aliphatic heterocycles. The summed E-state index contributed by atoms with van der Waals surface area (Å²) in [7, 11) is 1.57. The van der Waals surface area contributed by atoms with E-state index in [1.165, 1.54) is 6.08 Å². The zero-order valence-corrected chi connectivity index (χ0v) is 21.7. The van der Waals surface area contributed by atoms with Crippen molar-refractivity contribution < 1.29 is 23.9 Å². The Morgan fingerprint density at radius 1 is 1.11 bits per heavy atom. The highest BCUT2D eigenvalue weighted by Gasteiger charge is 2.38. The predicted molar refractivity (Wildman–Crippen MR) is 140 cm³/mol. The van der Waals surface area contributed by atoms with Gasteiger partial charge in [-0.2, -0.15) is 0 Å². The average Bonchev–Trinajstić information content (AvgIpc) is 2.82. The summed E-state index contributed by atoms with van der Waals surface area (Å²) in [6.45, 7) is 12.0. The lowest BCUT2D eigenvalue weighted by molar-refractivity contribution is -0.122. The first-order valence-corrected chi connectivity index (χ1v) is 12.2. The zero-order valence-electron chi connectivity index (χ0n) is 21.7. The van der Waals surface area contributed by atoms with Gasteiger partial charge >= 0.3 is 6.03 Å². The van der Waals surface area contributed by atoms with Gasteiger partial charge in [0.2, 0.25) is 0 Å². The minimum absolute atomic E-state index is 0.00996. The number of nitrogens with zero attached hydrogens (tertiary/aromatic N) is 2. The first-order valence-electron chi connectivity index (χ1n) is 12.2. The third-order valence-electron chi connectivity index (χ3n) is 6.86. The van der Waals surface area contributed by atoms with Gasteiger partial charge in [-0.25, -0.2) is 9.69 Å². The van der Waals surface area contributed by atoms with E-state index in [0.29, 0.717) is 29.4 Å². The van der Waals surface area contributed by atoms with Crippen LogP contribution in [0.25, 0.3) is 6.08 Å². The molecule has 1 saturated heterocycles. The first-order chi connectivity index (χ1) is 17.1. The zero-order chi connectivity index (χ0) is 26.2. The molecule has 0 aromatic heterocycles. The summed E-state index contributed by atoms with van der Waals surface area (Å²) >= 11 is 0. The van der Waals surface area contributed by atoms with E-state index in [1.54, 1.807) is 31.4 Å². The van der Waals surface area contributed by atoms with Crippen LogP contribution in [0.2, 0.25) is 0 Å². The molecule has 8 nitrogen and oxygen atoms in total. The second-order valence-electron chi connectivity index (χ2n) is 9.70. The van der Waals surface area contributed by atoms with Crippen molar-refractivity contribution in [3.63, 3.8) is 0 Å². The lowest BCUT2D eigenvalue weighted by Gasteiger charge is -2.47. The van der Waals surface area contributed by atoms with Gasteiger partial charge in [-0.3, -0.25) is 14.9 Å². The molecule has 190 valence electrons. The van der Waals surface area contributed by atoms with E-state index in [-0.39, 0.29) is 17.0 Å². The average molecular weight is 492 g/mol. The number of anilines is 2. The van der Waals surface area contributed by atoms with Crippen molar-refractivity contribution in [2.24, 2.45) is 0 Å². The smallest absolute Gasteiger partial charge is 0.335 e. The topological polar surface area (TPSA) is 88.2 Å². The molecule has 8 heteroatoms. The Bertz CT molecular complexity index is 1230. The van der Waals surface area contributed by atoms with Gasteiger partial charge in [0, 0.05) is 29.4 Å². The molecule has 0 aliphatic carbocycles. The van der Waals surface area contributed by atoms with Gasteiger partial charge in [-0.05, 0) is 82.0 Å². The quantitative estimate of drug-likeness (QED) is 0.458. The van der Waals surface area contributed by atoms with Gasteiger partial charge in [0.05, 0.1) is 19.4 Å². The highest BCUT2D eigenvalue weighted by molar-refractivity contribution is 6.39. The minimum atomic E-state index is -0.793. The molecule has 1 N–H and O–H groups in total. The second kappa shape index (κ2) is 9.68. The maximum atomic E-state index is 13.4. The lowest BCUT2D eigenvalue weighted by Crippen LogP contribution is -2.54. The van der Waals surface area contributed by atoms with Crippen LogP contribution in [0, 0.1) is 0 Å². The number of ether oxygens (including phenoxy) is 2. The van der Waals surface area contributed by atoms with E-state index in [9.17, 15) is 14.4 Å². The van der Waals surface area contributed by atoms with E-state index >= 15 is 0 Å². The van der Waals surface area contributed by atoms with Crippen LogP contribution in [0.4, 0.5) is 16.2 Å². The van der Waals surface area contributed by atoms with E-state index < -0.39 is 17.8 Å². The highest BCUT2D eigenvalue weighted by atomic mass is 16.5. The van der Waals surface area contributed by atoms with Crippen LogP contribution in [0.3, 0.4) is 0 Å². The van der Waals surface area contributed by atoms with Crippen molar-refractivity contribution in [3.05, 3.63) is 53.1 Å². The van der Waals surface area contributed by atoms with Gasteiger partial charge in [0.15, 0.2) is 0 Å². The maximum Gasteiger partial charge on any atom is 0.335 e. The second-order valence-corrected chi connectivity index (χ2v) is 9.70. The number of hydrogen-bond acceptors (Lipinski definition) is 6. The van der Waals surface area contributed by atoms with Crippen molar-refractivity contribution >= 4 is 35.3 Å². The van der Waals surface area contributed by atoms with Crippen LogP contribution in [-0.2, 0) is 9.59 Å². The number of methoxy groups -OCH3 is 1. The maximum absolute atomic E-state index is 13.4. The molecule has 2 heterocycles. The summed E-state index contributed by atoms with van der Waals surface area (Å²) in [6.07, 6.45) is 2.48. The van der Waals surface area contributed by atoms with E-state index in [2.05, 4.69) is 37.9 Å². The third-order valence-corrected chi connectivity index (χ3v) is 6.86. The summed E-state index contributed by atoms with van der Waals surface area (Å²) in [4.78, 5) is 42.1. The van der Waals surface area contributed by atoms with Crippen LogP contribution in [-0.4, -0.2) is 43.6 Å².